The van der Waals surface area contributed by atoms with Gasteiger partial charge in [-0.05, 0) is 70.2 Å². The molecule has 222 valence electrons. The summed E-state index contributed by atoms with van der Waals surface area (Å²) in [6.07, 6.45) is -1.38. The maximum Gasteiger partial charge on any atom is 0.399 e. The Morgan fingerprint density at radius 3 is 2.31 bits per heavy atom. The largest absolute Gasteiger partial charge is 0.496 e. The van der Waals surface area contributed by atoms with E-state index in [9.17, 15) is 22.8 Å². The Bertz CT molecular complexity index is 1520. The number of para-hydroxylation sites is 1. The van der Waals surface area contributed by atoms with E-state index in [4.69, 9.17) is 39.5 Å². The molecule has 1 saturated carbocycles. The summed E-state index contributed by atoms with van der Waals surface area (Å²) in [5, 5.41) is 2.66. The maximum absolute atomic E-state index is 13.9. The number of amides is 2. The molecular weight excluding hydrogens is 680 g/mol. The van der Waals surface area contributed by atoms with Gasteiger partial charge in [0.25, 0.3) is 5.91 Å². The van der Waals surface area contributed by atoms with E-state index < -0.39 is 23.5 Å². The molecule has 0 radical (unpaired) electrons. The highest BCUT2D eigenvalue weighted by Crippen LogP contribution is 2.41. The number of rotatable bonds is 9. The van der Waals surface area contributed by atoms with Crippen molar-refractivity contribution in [3.05, 3.63) is 102 Å². The Kier molecular flexibility index (Phi) is 9.87. The van der Waals surface area contributed by atoms with Crippen LogP contribution in [-0.2, 0) is 11.3 Å². The van der Waals surface area contributed by atoms with E-state index in [2.05, 4.69) is 21.2 Å². The van der Waals surface area contributed by atoms with Crippen LogP contribution in [-0.4, -0.2) is 42.6 Å². The van der Waals surface area contributed by atoms with Crippen molar-refractivity contribution in [2.45, 2.75) is 37.0 Å². The van der Waals surface area contributed by atoms with Crippen molar-refractivity contribution >= 4 is 68.6 Å². The molecule has 1 atom stereocenters. The van der Waals surface area contributed by atoms with Gasteiger partial charge in [0.05, 0.1) is 33.7 Å². The van der Waals surface area contributed by atoms with Gasteiger partial charge in [0.2, 0.25) is 5.91 Å². The summed E-state index contributed by atoms with van der Waals surface area (Å²) in [6.45, 7) is 0.304. The Balaban J connectivity index is 1.47. The maximum atomic E-state index is 13.9. The lowest BCUT2D eigenvalue weighted by atomic mass is 9.97. The molecule has 1 unspecified atom stereocenters. The SMILES string of the molecule is COc1ccccc1CN(C)C(=O)C1(NC(=O)c2ccc(/C=C/C(c3cc(Cl)c(Cl)c(Cl)c3)C(F)(F)F)cc2Br)CC1. The zero-order valence-corrected chi connectivity index (χ0v) is 26.2. The molecule has 0 spiro atoms. The van der Waals surface area contributed by atoms with Crippen LogP contribution in [0.3, 0.4) is 0 Å². The van der Waals surface area contributed by atoms with E-state index >= 15 is 0 Å². The lowest BCUT2D eigenvalue weighted by Crippen LogP contribution is -2.49. The number of methoxy groups -OCH3 is 1. The van der Waals surface area contributed by atoms with Gasteiger partial charge < -0.3 is 15.0 Å². The van der Waals surface area contributed by atoms with Gasteiger partial charge in [0.15, 0.2) is 0 Å². The number of carbonyl (C=O) groups is 2. The van der Waals surface area contributed by atoms with E-state index in [1.54, 1.807) is 19.1 Å². The van der Waals surface area contributed by atoms with Gasteiger partial charge in [-0.3, -0.25) is 9.59 Å². The fourth-order valence-corrected chi connectivity index (χ4v) is 5.71. The van der Waals surface area contributed by atoms with E-state index in [1.807, 2.05) is 24.3 Å². The quantitative estimate of drug-likeness (QED) is 0.227. The van der Waals surface area contributed by atoms with Gasteiger partial charge in [0, 0.05) is 23.6 Å². The Morgan fingerprint density at radius 2 is 1.74 bits per heavy atom. The zero-order chi connectivity index (χ0) is 30.8. The molecule has 0 aromatic heterocycles. The van der Waals surface area contributed by atoms with Gasteiger partial charge in [-0.25, -0.2) is 0 Å². The lowest BCUT2D eigenvalue weighted by Gasteiger charge is -2.25. The molecule has 1 fully saturated rings. The summed E-state index contributed by atoms with van der Waals surface area (Å²) in [5.41, 5.74) is 0.296. The van der Waals surface area contributed by atoms with Crippen LogP contribution < -0.4 is 10.1 Å². The first-order valence-corrected chi connectivity index (χ1v) is 14.6. The van der Waals surface area contributed by atoms with Crippen LogP contribution in [0.15, 0.2) is 65.1 Å². The second kappa shape index (κ2) is 12.9. The Morgan fingerprint density at radius 1 is 1.10 bits per heavy atom. The molecule has 12 heteroatoms. The Hall–Kier alpha value is -2.72. The molecule has 1 aliphatic carbocycles. The minimum atomic E-state index is -4.63. The number of nitrogens with zero attached hydrogens (tertiary/aromatic N) is 1. The number of ether oxygens (including phenoxy) is 1. The molecule has 2 amide bonds. The molecule has 1 N–H and O–H groups in total. The molecule has 0 bridgehead atoms. The van der Waals surface area contributed by atoms with E-state index in [0.717, 1.165) is 23.8 Å². The summed E-state index contributed by atoms with van der Waals surface area (Å²) in [4.78, 5) is 28.0. The number of carbonyl (C=O) groups excluding carboxylic acids is 2. The second-order valence-corrected chi connectivity index (χ2v) is 12.0. The number of benzene rings is 3. The summed E-state index contributed by atoms with van der Waals surface area (Å²) >= 11 is 21.1. The summed E-state index contributed by atoms with van der Waals surface area (Å²) in [6, 6.07) is 14.1. The van der Waals surface area contributed by atoms with Crippen molar-refractivity contribution < 1.29 is 27.5 Å². The molecule has 5 nitrogen and oxygen atoms in total. The van der Waals surface area contributed by atoms with Crippen molar-refractivity contribution in [1.82, 2.24) is 10.2 Å². The average molecular weight is 705 g/mol. The molecule has 3 aromatic carbocycles. The fourth-order valence-electron chi connectivity index (χ4n) is 4.52. The van der Waals surface area contributed by atoms with Gasteiger partial charge in [-0.1, -0.05) is 71.2 Å². The predicted octanol–water partition coefficient (Wildman–Crippen LogP) is 8.70. The normalized spacial score (nSPS) is 14.9. The monoisotopic (exact) mass is 702 g/mol. The van der Waals surface area contributed by atoms with E-state index in [-0.39, 0.29) is 32.1 Å². The highest BCUT2D eigenvalue weighted by Gasteiger charge is 2.52. The number of likely N-dealkylation sites (N-methyl/N-ethyl adjacent to an activating group) is 1. The first-order valence-electron chi connectivity index (χ1n) is 12.6. The number of hydrogen-bond donors (Lipinski definition) is 1. The van der Waals surface area contributed by atoms with Crippen molar-refractivity contribution in [3.8, 4) is 5.75 Å². The molecule has 0 aliphatic heterocycles. The standard InChI is InChI=1S/C30H25BrCl3F3N2O3/c1-39(16-18-5-3-4-6-25(18)42-2)28(41)29(11-12-29)38-27(40)20-9-7-17(13-22(20)31)8-10-21(30(35,36)37)19-14-23(32)26(34)24(33)15-19/h3-10,13-15,21H,11-12,16H2,1-2H3,(H,38,40)/b10-8+. The van der Waals surface area contributed by atoms with Gasteiger partial charge in [-0.2, -0.15) is 13.2 Å². The average Bonchev–Trinajstić information content (AvgIpc) is 3.71. The molecular formula is C30H25BrCl3F3N2O3. The smallest absolute Gasteiger partial charge is 0.399 e. The number of alkyl halides is 3. The van der Waals surface area contributed by atoms with Gasteiger partial charge in [-0.15, -0.1) is 0 Å². The van der Waals surface area contributed by atoms with Gasteiger partial charge >= 0.3 is 6.18 Å². The van der Waals surface area contributed by atoms with Gasteiger partial charge in [0.1, 0.15) is 11.3 Å². The van der Waals surface area contributed by atoms with Crippen LogP contribution in [0.5, 0.6) is 5.75 Å². The minimum absolute atomic E-state index is 0.0254. The molecule has 3 aromatic rings. The third-order valence-electron chi connectivity index (χ3n) is 6.90. The molecule has 4 rings (SSSR count). The fraction of sp³-hybridized carbons (Fsp3) is 0.267. The lowest BCUT2D eigenvalue weighted by molar-refractivity contribution is -0.139. The topological polar surface area (TPSA) is 58.6 Å². The third kappa shape index (κ3) is 7.25. The summed E-state index contributed by atoms with van der Waals surface area (Å²) in [5.74, 6) is -2.04. The number of hydrogen-bond acceptors (Lipinski definition) is 3. The first kappa shape index (κ1) is 32.2. The van der Waals surface area contributed by atoms with Crippen LogP contribution in [0.2, 0.25) is 15.1 Å². The number of allylic oxidation sites excluding steroid dienone is 1. The molecule has 0 saturated heterocycles. The Labute approximate surface area is 264 Å². The molecule has 42 heavy (non-hydrogen) atoms. The first-order chi connectivity index (χ1) is 19.8. The number of nitrogens with one attached hydrogen (secondary N) is 1. The van der Waals surface area contributed by atoms with Crippen molar-refractivity contribution in [3.63, 3.8) is 0 Å². The number of halogens is 7. The van der Waals surface area contributed by atoms with Crippen LogP contribution in [0.25, 0.3) is 6.08 Å². The third-order valence-corrected chi connectivity index (χ3v) is 8.75. The van der Waals surface area contributed by atoms with Crippen LogP contribution >= 0.6 is 50.7 Å². The van der Waals surface area contributed by atoms with Crippen LogP contribution in [0.4, 0.5) is 13.2 Å². The van der Waals surface area contributed by atoms with Crippen molar-refractivity contribution in [1.29, 1.82) is 0 Å². The van der Waals surface area contributed by atoms with Crippen molar-refractivity contribution in [2.24, 2.45) is 0 Å². The van der Waals surface area contributed by atoms with Crippen molar-refractivity contribution in [2.75, 3.05) is 14.2 Å². The van der Waals surface area contributed by atoms with E-state index in [1.165, 1.54) is 24.3 Å². The predicted molar refractivity (Wildman–Crippen MR) is 162 cm³/mol. The zero-order valence-electron chi connectivity index (χ0n) is 22.4. The van der Waals surface area contributed by atoms with Crippen LogP contribution in [0, 0.1) is 0 Å². The minimum Gasteiger partial charge on any atom is -0.496 e. The summed E-state index contributed by atoms with van der Waals surface area (Å²) in [7, 11) is 3.22. The van der Waals surface area contributed by atoms with E-state index in [0.29, 0.717) is 35.2 Å². The molecule has 0 heterocycles. The van der Waals surface area contributed by atoms with Crippen LogP contribution in [0.1, 0.15) is 45.8 Å². The summed E-state index contributed by atoms with van der Waals surface area (Å²) < 4.78 is 47.4. The second-order valence-electron chi connectivity index (χ2n) is 9.93. The highest BCUT2D eigenvalue weighted by molar-refractivity contribution is 9.10. The highest BCUT2D eigenvalue weighted by atomic mass is 79.9. The molecule has 1 aliphatic rings.